The number of amides is 1. The molecule has 0 N–H and O–H groups in total. The highest BCUT2D eigenvalue weighted by atomic mass is 35.5. The Morgan fingerprint density at radius 1 is 1.50 bits per heavy atom. The van der Waals surface area contributed by atoms with Crippen LogP contribution in [0, 0.1) is 0 Å². The highest BCUT2D eigenvalue weighted by molar-refractivity contribution is 7.97. The molecule has 0 bridgehead atoms. The van der Waals surface area contributed by atoms with E-state index in [-0.39, 0.29) is 5.91 Å². The summed E-state index contributed by atoms with van der Waals surface area (Å²) in [5.74, 6) is 1.11. The SMILES string of the molecule is COc1ccccc1SN(C)C(=O)CCCl. The zero-order chi connectivity index (χ0) is 12.0. The molecule has 3 nitrogen and oxygen atoms in total. The summed E-state index contributed by atoms with van der Waals surface area (Å²) in [6, 6.07) is 7.57. The van der Waals surface area contributed by atoms with Gasteiger partial charge in [-0.25, -0.2) is 0 Å². The number of rotatable bonds is 5. The summed E-state index contributed by atoms with van der Waals surface area (Å²) < 4.78 is 6.77. The average Bonchev–Trinajstić information content (AvgIpc) is 2.30. The molecule has 0 radical (unpaired) electrons. The van der Waals surface area contributed by atoms with Crippen molar-refractivity contribution in [1.82, 2.24) is 4.31 Å². The quantitative estimate of drug-likeness (QED) is 0.602. The Hall–Kier alpha value is -0.870. The lowest BCUT2D eigenvalue weighted by Crippen LogP contribution is -2.19. The maximum absolute atomic E-state index is 11.5. The van der Waals surface area contributed by atoms with Crippen LogP contribution >= 0.6 is 23.5 Å². The van der Waals surface area contributed by atoms with Crippen molar-refractivity contribution in [2.24, 2.45) is 0 Å². The molecule has 0 aliphatic heterocycles. The first-order chi connectivity index (χ1) is 7.69. The molecular formula is C11H14ClNO2S. The number of halogens is 1. The van der Waals surface area contributed by atoms with Gasteiger partial charge in [0.1, 0.15) is 5.75 Å². The summed E-state index contributed by atoms with van der Waals surface area (Å²) in [6.45, 7) is 0. The van der Waals surface area contributed by atoms with Crippen molar-refractivity contribution in [3.8, 4) is 5.75 Å². The third-order valence-electron chi connectivity index (χ3n) is 1.96. The van der Waals surface area contributed by atoms with Crippen LogP contribution in [-0.4, -0.2) is 30.2 Å². The van der Waals surface area contributed by atoms with Gasteiger partial charge in [0.15, 0.2) is 0 Å². The standard InChI is InChI=1S/C11H14ClNO2S/c1-13(11(14)7-8-12)16-10-6-4-3-5-9(10)15-2/h3-6H,7-8H2,1-2H3. The van der Waals surface area contributed by atoms with E-state index in [2.05, 4.69) is 0 Å². The van der Waals surface area contributed by atoms with Gasteiger partial charge in [-0.15, -0.1) is 11.6 Å². The topological polar surface area (TPSA) is 29.5 Å². The van der Waals surface area contributed by atoms with E-state index >= 15 is 0 Å². The number of nitrogens with zero attached hydrogens (tertiary/aromatic N) is 1. The predicted octanol–water partition coefficient (Wildman–Crippen LogP) is 2.79. The van der Waals surface area contributed by atoms with E-state index < -0.39 is 0 Å². The van der Waals surface area contributed by atoms with Crippen molar-refractivity contribution in [2.45, 2.75) is 11.3 Å². The Morgan fingerprint density at radius 3 is 2.81 bits per heavy atom. The smallest absolute Gasteiger partial charge is 0.233 e. The normalized spacial score (nSPS) is 9.94. The lowest BCUT2D eigenvalue weighted by molar-refractivity contribution is -0.124. The molecular weight excluding hydrogens is 246 g/mol. The van der Waals surface area contributed by atoms with Gasteiger partial charge in [-0.3, -0.25) is 9.10 Å². The first-order valence-corrected chi connectivity index (χ1v) is 6.13. The summed E-state index contributed by atoms with van der Waals surface area (Å²) in [6.07, 6.45) is 0.347. The first-order valence-electron chi connectivity index (χ1n) is 4.82. The van der Waals surface area contributed by atoms with Gasteiger partial charge in [0.05, 0.1) is 12.0 Å². The number of para-hydroxylation sites is 1. The summed E-state index contributed by atoms with van der Waals surface area (Å²) in [4.78, 5) is 12.4. The molecule has 16 heavy (non-hydrogen) atoms. The molecule has 5 heteroatoms. The molecule has 0 saturated carbocycles. The Kier molecular flexibility index (Phi) is 5.49. The summed E-state index contributed by atoms with van der Waals surface area (Å²) >= 11 is 6.86. The second kappa shape index (κ2) is 6.66. The third kappa shape index (κ3) is 3.61. The van der Waals surface area contributed by atoms with Gasteiger partial charge in [0.2, 0.25) is 5.91 Å². The monoisotopic (exact) mass is 259 g/mol. The van der Waals surface area contributed by atoms with Gasteiger partial charge in [-0.2, -0.15) is 0 Å². The molecule has 1 aromatic carbocycles. The van der Waals surface area contributed by atoms with Crippen molar-refractivity contribution in [3.05, 3.63) is 24.3 Å². The summed E-state index contributed by atoms with van der Waals surface area (Å²) in [5, 5.41) is 0. The van der Waals surface area contributed by atoms with E-state index in [0.29, 0.717) is 12.3 Å². The molecule has 0 unspecified atom stereocenters. The minimum atomic E-state index is 0.00547. The Bertz CT molecular complexity index is 360. The van der Waals surface area contributed by atoms with Crippen LogP contribution in [0.1, 0.15) is 6.42 Å². The van der Waals surface area contributed by atoms with Crippen LogP contribution in [0.4, 0.5) is 0 Å². The van der Waals surface area contributed by atoms with E-state index in [0.717, 1.165) is 10.6 Å². The molecule has 0 fully saturated rings. The number of hydrogen-bond acceptors (Lipinski definition) is 3. The van der Waals surface area contributed by atoms with Crippen LogP contribution in [0.3, 0.4) is 0 Å². The minimum Gasteiger partial charge on any atom is -0.496 e. The molecule has 0 spiro atoms. The summed E-state index contributed by atoms with van der Waals surface area (Å²) in [7, 11) is 3.34. The number of alkyl halides is 1. The number of methoxy groups -OCH3 is 1. The number of carbonyl (C=O) groups excluding carboxylic acids is 1. The van der Waals surface area contributed by atoms with Crippen LogP contribution in [-0.2, 0) is 4.79 Å². The zero-order valence-corrected chi connectivity index (χ0v) is 10.8. The molecule has 0 atom stereocenters. The van der Waals surface area contributed by atoms with Crippen molar-refractivity contribution >= 4 is 29.5 Å². The molecule has 0 heterocycles. The van der Waals surface area contributed by atoms with Crippen molar-refractivity contribution in [3.63, 3.8) is 0 Å². The van der Waals surface area contributed by atoms with Gasteiger partial charge >= 0.3 is 0 Å². The van der Waals surface area contributed by atoms with E-state index in [1.54, 1.807) is 18.5 Å². The number of benzene rings is 1. The lowest BCUT2D eigenvalue weighted by atomic mass is 10.3. The van der Waals surface area contributed by atoms with E-state index in [1.807, 2.05) is 24.3 Å². The van der Waals surface area contributed by atoms with Crippen LogP contribution in [0.25, 0.3) is 0 Å². The number of ether oxygens (including phenoxy) is 1. The van der Waals surface area contributed by atoms with Gasteiger partial charge in [-0.05, 0) is 24.1 Å². The fraction of sp³-hybridized carbons (Fsp3) is 0.364. The number of carbonyl (C=O) groups is 1. The molecule has 0 aliphatic rings. The van der Waals surface area contributed by atoms with Crippen LogP contribution in [0.15, 0.2) is 29.2 Å². The molecule has 1 aromatic rings. The van der Waals surface area contributed by atoms with Crippen molar-refractivity contribution < 1.29 is 9.53 Å². The van der Waals surface area contributed by atoms with Gasteiger partial charge in [0.25, 0.3) is 0 Å². The summed E-state index contributed by atoms with van der Waals surface area (Å²) in [5.41, 5.74) is 0. The lowest BCUT2D eigenvalue weighted by Gasteiger charge is -2.16. The maximum Gasteiger partial charge on any atom is 0.233 e. The van der Waals surface area contributed by atoms with Crippen molar-refractivity contribution in [1.29, 1.82) is 0 Å². The van der Waals surface area contributed by atoms with E-state index in [9.17, 15) is 4.79 Å². The highest BCUT2D eigenvalue weighted by Crippen LogP contribution is 2.30. The van der Waals surface area contributed by atoms with Crippen LogP contribution in [0.5, 0.6) is 5.75 Å². The molecule has 88 valence electrons. The van der Waals surface area contributed by atoms with Crippen molar-refractivity contribution in [2.75, 3.05) is 20.0 Å². The highest BCUT2D eigenvalue weighted by Gasteiger charge is 2.11. The van der Waals surface area contributed by atoms with Gasteiger partial charge in [-0.1, -0.05) is 12.1 Å². The minimum absolute atomic E-state index is 0.00547. The fourth-order valence-corrected chi connectivity index (χ4v) is 2.16. The number of hydrogen-bond donors (Lipinski definition) is 0. The van der Waals surface area contributed by atoms with Gasteiger partial charge < -0.3 is 4.74 Å². The molecule has 1 rings (SSSR count). The second-order valence-corrected chi connectivity index (χ2v) is 4.62. The predicted molar refractivity (Wildman–Crippen MR) is 67.0 cm³/mol. The first kappa shape index (κ1) is 13.2. The molecule has 1 amide bonds. The largest absolute Gasteiger partial charge is 0.496 e. The zero-order valence-electron chi connectivity index (χ0n) is 9.27. The third-order valence-corrected chi connectivity index (χ3v) is 3.16. The Balaban J connectivity index is 2.68. The molecule has 0 aromatic heterocycles. The molecule has 0 saturated heterocycles. The van der Waals surface area contributed by atoms with Crippen LogP contribution < -0.4 is 4.74 Å². The van der Waals surface area contributed by atoms with Crippen LogP contribution in [0.2, 0.25) is 0 Å². The Morgan fingerprint density at radius 2 is 2.19 bits per heavy atom. The molecule has 0 aliphatic carbocycles. The van der Waals surface area contributed by atoms with E-state index in [4.69, 9.17) is 16.3 Å². The average molecular weight is 260 g/mol. The Labute approximate surface area is 105 Å². The maximum atomic E-state index is 11.5. The van der Waals surface area contributed by atoms with Gasteiger partial charge in [0, 0.05) is 19.3 Å². The second-order valence-electron chi connectivity index (χ2n) is 3.07. The van der Waals surface area contributed by atoms with E-state index in [1.165, 1.54) is 11.9 Å². The fourth-order valence-electron chi connectivity index (χ4n) is 1.13.